The zero-order valence-electron chi connectivity index (χ0n) is 22.6. The molecule has 0 bridgehead atoms. The number of nitrogens with zero attached hydrogens (tertiary/aromatic N) is 3. The van der Waals surface area contributed by atoms with E-state index in [4.69, 9.17) is 15.9 Å². The number of aromatic nitrogens is 2. The van der Waals surface area contributed by atoms with E-state index in [1.165, 1.54) is 6.20 Å². The Labute approximate surface area is 223 Å². The molecule has 0 aromatic carbocycles. The Kier molecular flexibility index (Phi) is 10.3. The number of hydrogen-bond acceptors (Lipinski definition) is 9. The smallest absolute Gasteiger partial charge is 0.253 e. The first-order chi connectivity index (χ1) is 18.2. The number of morpholine rings is 1. The zero-order chi connectivity index (χ0) is 27.7. The summed E-state index contributed by atoms with van der Waals surface area (Å²) in [5.41, 5.74) is 9.30. The van der Waals surface area contributed by atoms with E-state index < -0.39 is 5.91 Å². The van der Waals surface area contributed by atoms with Crippen molar-refractivity contribution in [3.8, 4) is 0 Å². The van der Waals surface area contributed by atoms with Crippen LogP contribution in [-0.2, 0) is 11.3 Å². The average molecular weight is 523 g/mol. The molecule has 0 atom stereocenters. The number of H-pyrrole nitrogens is 1. The number of carbonyl (C=O) groups is 1. The molecule has 0 aliphatic carbocycles. The van der Waals surface area contributed by atoms with Crippen molar-refractivity contribution < 1.29 is 9.53 Å². The van der Waals surface area contributed by atoms with Crippen LogP contribution in [0.1, 0.15) is 52.3 Å². The molecule has 204 valence electrons. The lowest BCUT2D eigenvalue weighted by molar-refractivity contribution is 0.0395. The van der Waals surface area contributed by atoms with Gasteiger partial charge in [-0.25, -0.2) is 4.98 Å². The molecule has 11 heteroatoms. The molecule has 0 spiro atoms. The Bertz CT molecular complexity index is 1260. The number of rotatable bonds is 11. The first-order valence-electron chi connectivity index (χ1n) is 12.7. The second-order valence-corrected chi connectivity index (χ2v) is 9.50. The highest BCUT2D eigenvalue weighted by Gasteiger charge is 2.19. The van der Waals surface area contributed by atoms with Crippen LogP contribution in [0.15, 0.2) is 28.1 Å². The van der Waals surface area contributed by atoms with Crippen molar-refractivity contribution in [2.24, 2.45) is 10.7 Å². The van der Waals surface area contributed by atoms with E-state index in [-0.39, 0.29) is 23.7 Å². The molecule has 11 nitrogen and oxygen atoms in total. The lowest BCUT2D eigenvalue weighted by Gasteiger charge is -2.25. The van der Waals surface area contributed by atoms with Gasteiger partial charge in [0.2, 0.25) is 0 Å². The largest absolute Gasteiger partial charge is 0.404 e. The molecule has 1 amide bonds. The third-order valence-electron chi connectivity index (χ3n) is 6.15. The summed E-state index contributed by atoms with van der Waals surface area (Å²) in [6.07, 6.45) is 4.16. The Morgan fingerprint density at radius 2 is 2.05 bits per heavy atom. The average Bonchev–Trinajstić information content (AvgIpc) is 2.87. The molecule has 2 aromatic rings. The topological polar surface area (TPSA) is 162 Å². The van der Waals surface area contributed by atoms with Gasteiger partial charge in [-0.2, -0.15) is 0 Å². The monoisotopic (exact) mass is 522 g/mol. The lowest BCUT2D eigenvalue weighted by Crippen LogP contribution is -2.37. The summed E-state index contributed by atoms with van der Waals surface area (Å²) in [5.74, 6) is -0.0398. The lowest BCUT2D eigenvalue weighted by atomic mass is 10.0. The summed E-state index contributed by atoms with van der Waals surface area (Å²) in [5, 5.41) is 14.0. The highest BCUT2D eigenvalue weighted by molar-refractivity contribution is 6.11. The molecule has 1 fully saturated rings. The summed E-state index contributed by atoms with van der Waals surface area (Å²) in [4.78, 5) is 40.0. The summed E-state index contributed by atoms with van der Waals surface area (Å²) in [7, 11) is 0. The Morgan fingerprint density at radius 1 is 1.32 bits per heavy atom. The van der Waals surface area contributed by atoms with Crippen molar-refractivity contribution in [1.29, 1.82) is 5.41 Å². The van der Waals surface area contributed by atoms with Gasteiger partial charge >= 0.3 is 0 Å². The van der Waals surface area contributed by atoms with Crippen molar-refractivity contribution in [1.82, 2.24) is 20.2 Å². The molecule has 0 saturated carbocycles. The van der Waals surface area contributed by atoms with Crippen LogP contribution >= 0.6 is 0 Å². The highest BCUT2D eigenvalue weighted by atomic mass is 16.5. The normalized spacial score (nSPS) is 14.7. The van der Waals surface area contributed by atoms with Crippen molar-refractivity contribution in [3.05, 3.63) is 62.3 Å². The maximum absolute atomic E-state index is 13.3. The number of hydrogen-bond donors (Lipinski definition) is 5. The Balaban J connectivity index is 1.87. The maximum atomic E-state index is 13.3. The third-order valence-corrected chi connectivity index (χ3v) is 6.15. The molecule has 0 unspecified atom stereocenters. The fourth-order valence-corrected chi connectivity index (χ4v) is 4.17. The standard InChI is InChI=1S/C27H38N8O3/c1-17(2)32-25-22(14-29)21(26(36)31-16-23-18(3)11-19(4)33-27(23)37)12-24(34-25)20(13-28)15-30-5-6-35-7-9-38-10-8-35/h11-15,17,29H,5-10,16,28H2,1-4H3,(H,31,36)(H,32,34)(H,33,37). The molecule has 6 N–H and O–H groups in total. The minimum absolute atomic E-state index is 0.00798. The van der Waals surface area contributed by atoms with Gasteiger partial charge in [0.05, 0.1) is 31.0 Å². The van der Waals surface area contributed by atoms with Crippen molar-refractivity contribution in [3.63, 3.8) is 0 Å². The van der Waals surface area contributed by atoms with E-state index in [0.717, 1.165) is 50.3 Å². The fraction of sp³-hybridized carbons (Fsp3) is 0.444. The van der Waals surface area contributed by atoms with Crippen LogP contribution in [0.4, 0.5) is 5.82 Å². The number of nitrogens with two attached hydrogens (primary N) is 1. The number of anilines is 1. The van der Waals surface area contributed by atoms with Crippen LogP contribution in [0.2, 0.25) is 0 Å². The van der Waals surface area contributed by atoms with E-state index in [9.17, 15) is 9.59 Å². The van der Waals surface area contributed by atoms with E-state index >= 15 is 0 Å². The van der Waals surface area contributed by atoms with Crippen LogP contribution in [0, 0.1) is 19.3 Å². The molecule has 1 saturated heterocycles. The van der Waals surface area contributed by atoms with Crippen molar-refractivity contribution >= 4 is 29.7 Å². The third kappa shape index (κ3) is 7.59. The van der Waals surface area contributed by atoms with Gasteiger partial charge in [-0.3, -0.25) is 19.5 Å². The molecule has 1 aliphatic heterocycles. The van der Waals surface area contributed by atoms with Gasteiger partial charge in [0.25, 0.3) is 11.5 Å². The minimum atomic E-state index is -0.432. The van der Waals surface area contributed by atoms with Crippen LogP contribution in [0.25, 0.3) is 5.57 Å². The second-order valence-electron chi connectivity index (χ2n) is 9.50. The molecule has 0 radical (unpaired) electrons. The second kappa shape index (κ2) is 13.6. The van der Waals surface area contributed by atoms with E-state index in [1.54, 1.807) is 12.3 Å². The Morgan fingerprint density at radius 3 is 2.68 bits per heavy atom. The summed E-state index contributed by atoms with van der Waals surface area (Å²) < 4.78 is 5.38. The molecule has 38 heavy (non-hydrogen) atoms. The fourth-order valence-electron chi connectivity index (χ4n) is 4.17. The number of amides is 1. The molecule has 1 aliphatic rings. The van der Waals surface area contributed by atoms with E-state index in [0.29, 0.717) is 34.8 Å². The van der Waals surface area contributed by atoms with Crippen molar-refractivity contribution in [2.45, 2.75) is 40.3 Å². The predicted octanol–water partition coefficient (Wildman–Crippen LogP) is 1.84. The summed E-state index contributed by atoms with van der Waals surface area (Å²) in [6.45, 7) is 12.2. The van der Waals surface area contributed by atoms with Crippen molar-refractivity contribution in [2.75, 3.05) is 44.7 Å². The number of nitrogens with one attached hydrogen (secondary N) is 4. The number of carbonyl (C=O) groups excluding carboxylic acids is 1. The van der Waals surface area contributed by atoms with Gasteiger partial charge in [-0.05, 0) is 45.4 Å². The molecule has 3 rings (SSSR count). The van der Waals surface area contributed by atoms with Gasteiger partial charge in [0.1, 0.15) is 5.82 Å². The SMILES string of the molecule is Cc1cc(C)c(CNC(=O)c2cc(C(C=NCCN3CCOCC3)=CN)nc(NC(C)C)c2C=N)c(=O)[nH]1. The number of pyridine rings is 2. The quantitative estimate of drug-likeness (QED) is 0.281. The minimum Gasteiger partial charge on any atom is -0.404 e. The van der Waals surface area contributed by atoms with Crippen LogP contribution < -0.4 is 21.9 Å². The molecule has 3 heterocycles. The van der Waals surface area contributed by atoms with Gasteiger partial charge < -0.3 is 31.5 Å². The van der Waals surface area contributed by atoms with E-state index in [1.807, 2.05) is 33.8 Å². The van der Waals surface area contributed by atoms with Gasteiger partial charge in [0.15, 0.2) is 0 Å². The van der Waals surface area contributed by atoms with Crippen LogP contribution in [-0.4, -0.2) is 78.6 Å². The molecular weight excluding hydrogens is 484 g/mol. The first kappa shape index (κ1) is 28.7. The zero-order valence-corrected chi connectivity index (χ0v) is 22.6. The molecule has 2 aromatic heterocycles. The number of aryl methyl sites for hydroxylation is 2. The summed E-state index contributed by atoms with van der Waals surface area (Å²) >= 11 is 0. The maximum Gasteiger partial charge on any atom is 0.253 e. The Hall–Kier alpha value is -3.83. The first-order valence-corrected chi connectivity index (χ1v) is 12.7. The number of ether oxygens (including phenoxy) is 1. The van der Waals surface area contributed by atoms with Gasteiger partial charge in [0, 0.05) is 73.2 Å². The number of allylic oxidation sites excluding steroid dienone is 1. The predicted molar refractivity (Wildman–Crippen MR) is 151 cm³/mol. The summed E-state index contributed by atoms with van der Waals surface area (Å²) in [6, 6.07) is 3.46. The number of aliphatic imine (C=N–C) groups is 1. The van der Waals surface area contributed by atoms with Gasteiger partial charge in [-0.15, -0.1) is 0 Å². The molecular formula is C27H38N8O3. The van der Waals surface area contributed by atoms with E-state index in [2.05, 4.69) is 30.5 Å². The van der Waals surface area contributed by atoms with Crippen LogP contribution in [0.5, 0.6) is 0 Å². The highest BCUT2D eigenvalue weighted by Crippen LogP contribution is 2.22. The van der Waals surface area contributed by atoms with Gasteiger partial charge in [-0.1, -0.05) is 0 Å². The van der Waals surface area contributed by atoms with Crippen LogP contribution in [0.3, 0.4) is 0 Å². The number of aromatic amines is 1.